The molecule has 16 heavy (non-hydrogen) atoms. The van der Waals surface area contributed by atoms with E-state index in [-0.39, 0.29) is 7.53 Å². The fourth-order valence-electron chi connectivity index (χ4n) is 2.48. The van der Waals surface area contributed by atoms with Gasteiger partial charge in [-0.3, -0.25) is 4.68 Å². The summed E-state index contributed by atoms with van der Waals surface area (Å²) in [5, 5.41) is 7.75. The third kappa shape index (κ3) is 1.25. The van der Waals surface area contributed by atoms with Gasteiger partial charge in [0, 0.05) is 14.2 Å². The summed E-state index contributed by atoms with van der Waals surface area (Å²) in [6.45, 7) is 2.29. The van der Waals surface area contributed by atoms with Gasteiger partial charge in [-0.05, 0) is 12.8 Å². The van der Waals surface area contributed by atoms with E-state index in [2.05, 4.69) is 16.6 Å². The number of nitrogens with one attached hydrogen (secondary N) is 1. The third-order valence-electron chi connectivity index (χ3n) is 3.55. The van der Waals surface area contributed by atoms with Gasteiger partial charge in [-0.15, -0.1) is 0 Å². The zero-order valence-electron chi connectivity index (χ0n) is 9.06. The fraction of sp³-hybridized carbons (Fsp3) is 0.727. The number of ether oxygens (including phenoxy) is 2. The second-order valence-electron chi connectivity index (χ2n) is 4.87. The molecule has 3 aliphatic rings. The van der Waals surface area contributed by atoms with Gasteiger partial charge in [0.25, 0.3) is 0 Å². The van der Waals surface area contributed by atoms with E-state index in [0.717, 1.165) is 18.7 Å². The summed E-state index contributed by atoms with van der Waals surface area (Å²) in [4.78, 5) is 0. The number of rotatable bonds is 2. The minimum absolute atomic E-state index is 0. The molecule has 4 rings (SSSR count). The highest BCUT2D eigenvalue weighted by molar-refractivity contribution is 5.16. The van der Waals surface area contributed by atoms with E-state index in [1.54, 1.807) is 0 Å². The number of nitrogens with zero attached hydrogens (tertiary/aromatic N) is 2. The lowest BCUT2D eigenvalue weighted by atomic mass is 10.1. The van der Waals surface area contributed by atoms with E-state index >= 15 is 0 Å². The fourth-order valence-corrected chi connectivity index (χ4v) is 2.48. The van der Waals surface area contributed by atoms with Crippen molar-refractivity contribution in [1.29, 1.82) is 0 Å². The Bertz CT molecular complexity index is 417. The van der Waals surface area contributed by atoms with Crippen molar-refractivity contribution in [2.75, 3.05) is 19.7 Å². The van der Waals surface area contributed by atoms with Gasteiger partial charge in [0.2, 0.25) is 5.79 Å². The minimum atomic E-state index is -0.573. The molecule has 1 aliphatic carbocycles. The Morgan fingerprint density at radius 2 is 2.50 bits per heavy atom. The summed E-state index contributed by atoms with van der Waals surface area (Å²) in [6, 6.07) is 0.610. The first-order valence-corrected chi connectivity index (χ1v) is 5.93. The Kier molecular flexibility index (Phi) is 1.75. The first-order chi connectivity index (χ1) is 7.86. The lowest BCUT2D eigenvalue weighted by Crippen LogP contribution is -2.46. The molecule has 3 heterocycles. The van der Waals surface area contributed by atoms with Crippen LogP contribution in [0.5, 0.6) is 0 Å². The molecule has 2 bridgehead atoms. The van der Waals surface area contributed by atoms with Crippen LogP contribution in [0.3, 0.4) is 0 Å². The number of aromatic nitrogens is 2. The minimum Gasteiger partial charge on any atom is -0.342 e. The molecule has 88 valence electrons. The zero-order valence-corrected chi connectivity index (χ0v) is 9.06. The van der Waals surface area contributed by atoms with Crippen molar-refractivity contribution in [2.24, 2.45) is 0 Å². The van der Waals surface area contributed by atoms with E-state index in [9.17, 15) is 0 Å². The largest absolute Gasteiger partial charge is 0.342 e. The molecule has 5 heteroatoms. The molecule has 1 aromatic rings. The van der Waals surface area contributed by atoms with Gasteiger partial charge < -0.3 is 14.8 Å². The molecule has 0 amide bonds. The van der Waals surface area contributed by atoms with Gasteiger partial charge in [-0.1, -0.05) is 0 Å². The van der Waals surface area contributed by atoms with Crippen LogP contribution in [0.1, 0.15) is 25.9 Å². The molecule has 0 radical (unpaired) electrons. The summed E-state index contributed by atoms with van der Waals surface area (Å²) in [6.07, 6.45) is 6.65. The van der Waals surface area contributed by atoms with E-state index < -0.39 is 5.79 Å². The van der Waals surface area contributed by atoms with Gasteiger partial charge in [-0.2, -0.15) is 5.10 Å². The standard InChI is InChI=1S/C11H15N3O2.H2/c1-2-9(1)14-5-8(3-13-14)11-7-12-4-10(16-11)6-15-11;/h3,5,9-10,12H,1-2,4,6-7H2;1H/t10-,11-;/m1./s1. The average Bonchev–Trinajstić information content (AvgIpc) is 2.96. The molecule has 1 N–H and O–H groups in total. The first kappa shape index (κ1) is 9.15. The molecule has 2 saturated heterocycles. The number of morpholine rings is 1. The van der Waals surface area contributed by atoms with Gasteiger partial charge in [0.15, 0.2) is 0 Å². The summed E-state index contributed by atoms with van der Waals surface area (Å²) in [5.74, 6) is -0.573. The Morgan fingerprint density at radius 3 is 3.38 bits per heavy atom. The maximum Gasteiger partial charge on any atom is 0.211 e. The highest BCUT2D eigenvalue weighted by Gasteiger charge is 2.47. The third-order valence-corrected chi connectivity index (χ3v) is 3.55. The summed E-state index contributed by atoms with van der Waals surface area (Å²) in [5.41, 5.74) is 1.05. The topological polar surface area (TPSA) is 48.3 Å². The van der Waals surface area contributed by atoms with Crippen LogP contribution in [0.15, 0.2) is 12.4 Å². The van der Waals surface area contributed by atoms with Crippen LogP contribution in [0, 0.1) is 0 Å². The Labute approximate surface area is 95.2 Å². The van der Waals surface area contributed by atoms with Gasteiger partial charge >= 0.3 is 0 Å². The van der Waals surface area contributed by atoms with Crippen LogP contribution >= 0.6 is 0 Å². The van der Waals surface area contributed by atoms with Crippen LogP contribution in [0.25, 0.3) is 0 Å². The van der Waals surface area contributed by atoms with Gasteiger partial charge in [-0.25, -0.2) is 0 Å². The van der Waals surface area contributed by atoms with Gasteiger partial charge in [0.05, 0.1) is 37.1 Å². The van der Waals surface area contributed by atoms with Gasteiger partial charge in [0.1, 0.15) is 0 Å². The number of hydrogen-bond acceptors (Lipinski definition) is 4. The van der Waals surface area contributed by atoms with Crippen LogP contribution in [-0.4, -0.2) is 35.6 Å². The van der Waals surface area contributed by atoms with E-state index in [0.29, 0.717) is 12.6 Å². The number of fused-ring (bicyclic) bond motifs is 2. The summed E-state index contributed by atoms with van der Waals surface area (Å²) >= 11 is 0. The van der Waals surface area contributed by atoms with Crippen LogP contribution in [-0.2, 0) is 15.3 Å². The molecule has 1 saturated carbocycles. The molecular weight excluding hydrogens is 206 g/mol. The first-order valence-electron chi connectivity index (χ1n) is 5.93. The second-order valence-corrected chi connectivity index (χ2v) is 4.87. The normalized spacial score (nSPS) is 37.9. The number of hydrogen-bond donors (Lipinski definition) is 1. The monoisotopic (exact) mass is 223 g/mol. The van der Waals surface area contributed by atoms with Crippen molar-refractivity contribution in [3.63, 3.8) is 0 Å². The lowest BCUT2D eigenvalue weighted by molar-refractivity contribution is -0.186. The highest BCUT2D eigenvalue weighted by atomic mass is 16.7. The molecule has 2 atom stereocenters. The van der Waals surface area contributed by atoms with Crippen LogP contribution in [0.2, 0.25) is 0 Å². The lowest BCUT2D eigenvalue weighted by Gasteiger charge is -2.31. The van der Waals surface area contributed by atoms with Crippen LogP contribution < -0.4 is 5.32 Å². The van der Waals surface area contributed by atoms with Crippen molar-refractivity contribution in [3.05, 3.63) is 18.0 Å². The molecule has 0 unspecified atom stereocenters. The SMILES string of the molecule is [HH].c1nn(C2CC2)cc1[C@]12CNC[C@H](CO1)O2. The Balaban J connectivity index is 0.000000902. The van der Waals surface area contributed by atoms with Crippen LogP contribution in [0.4, 0.5) is 0 Å². The molecule has 3 fully saturated rings. The maximum absolute atomic E-state index is 5.95. The smallest absolute Gasteiger partial charge is 0.211 e. The predicted molar refractivity (Wildman–Crippen MR) is 58.0 cm³/mol. The van der Waals surface area contributed by atoms with E-state index in [1.165, 1.54) is 12.8 Å². The summed E-state index contributed by atoms with van der Waals surface area (Å²) < 4.78 is 13.8. The van der Waals surface area contributed by atoms with E-state index in [4.69, 9.17) is 9.47 Å². The van der Waals surface area contributed by atoms with Crippen molar-refractivity contribution in [3.8, 4) is 0 Å². The van der Waals surface area contributed by atoms with Crippen molar-refractivity contribution in [2.45, 2.75) is 30.8 Å². The van der Waals surface area contributed by atoms with E-state index in [1.807, 2.05) is 10.9 Å². The Hall–Kier alpha value is -0.910. The molecule has 0 spiro atoms. The Morgan fingerprint density at radius 1 is 1.56 bits per heavy atom. The zero-order chi connectivity index (χ0) is 10.6. The van der Waals surface area contributed by atoms with Crippen molar-refractivity contribution < 1.29 is 10.9 Å². The maximum atomic E-state index is 5.95. The molecule has 0 aromatic carbocycles. The molecular formula is C11H17N3O2. The quantitative estimate of drug-likeness (QED) is 0.799. The second kappa shape index (κ2) is 3.06. The average molecular weight is 223 g/mol. The highest BCUT2D eigenvalue weighted by Crippen LogP contribution is 2.39. The van der Waals surface area contributed by atoms with Crippen molar-refractivity contribution >= 4 is 0 Å². The molecule has 2 aliphatic heterocycles. The molecule has 5 nitrogen and oxygen atoms in total. The molecule has 1 aromatic heterocycles. The van der Waals surface area contributed by atoms with Crippen molar-refractivity contribution in [1.82, 2.24) is 15.1 Å². The summed E-state index contributed by atoms with van der Waals surface area (Å²) in [7, 11) is 0. The predicted octanol–water partition coefficient (Wildman–Crippen LogP) is 0.635.